The molecule has 4 heteroatoms. The van der Waals surface area contributed by atoms with Gasteiger partial charge in [0.05, 0.1) is 38.8 Å². The van der Waals surface area contributed by atoms with Crippen LogP contribution in [0.1, 0.15) is 11.1 Å². The van der Waals surface area contributed by atoms with Crippen LogP contribution in [-0.4, -0.2) is 19.1 Å². The van der Waals surface area contributed by atoms with Crippen LogP contribution in [0.15, 0.2) is 146 Å². The predicted molar refractivity (Wildman–Crippen MR) is 184 cm³/mol. The van der Waals surface area contributed by atoms with Crippen LogP contribution >= 0.6 is 0 Å². The summed E-state index contributed by atoms with van der Waals surface area (Å²) in [5.41, 5.74) is 16.8. The maximum atomic E-state index is 4.83. The zero-order valence-corrected chi connectivity index (χ0v) is 24.4. The summed E-state index contributed by atoms with van der Waals surface area (Å²) in [5, 5.41) is 2.34. The first kappa shape index (κ1) is 24.4. The summed E-state index contributed by atoms with van der Waals surface area (Å²) in [5.74, 6) is 0. The highest BCUT2D eigenvalue weighted by Gasteiger charge is 2.24. The van der Waals surface area contributed by atoms with Crippen molar-refractivity contribution in [3.05, 3.63) is 157 Å². The Bertz CT molecular complexity index is 2570. The highest BCUT2D eigenvalue weighted by molar-refractivity contribution is 6.09. The van der Waals surface area contributed by atoms with Crippen molar-refractivity contribution in [1.82, 2.24) is 19.1 Å². The van der Waals surface area contributed by atoms with Crippen LogP contribution in [0.5, 0.6) is 0 Å². The second-order valence-electron chi connectivity index (χ2n) is 11.8. The van der Waals surface area contributed by atoms with Gasteiger partial charge in [0.15, 0.2) is 0 Å². The van der Waals surface area contributed by atoms with Gasteiger partial charge in [0.2, 0.25) is 0 Å². The lowest BCUT2D eigenvalue weighted by atomic mass is 9.97. The van der Waals surface area contributed by atoms with E-state index >= 15 is 0 Å². The van der Waals surface area contributed by atoms with Crippen molar-refractivity contribution in [2.45, 2.75) is 6.42 Å². The molecular formula is C41H26N4. The molecule has 0 saturated heterocycles. The number of rotatable bonds is 3. The van der Waals surface area contributed by atoms with E-state index in [0.29, 0.717) is 0 Å². The molecule has 1 aliphatic rings. The summed E-state index contributed by atoms with van der Waals surface area (Å²) < 4.78 is 4.71. The van der Waals surface area contributed by atoms with Gasteiger partial charge in [-0.2, -0.15) is 0 Å². The molecule has 0 fully saturated rings. The Labute approximate surface area is 259 Å². The fourth-order valence-electron chi connectivity index (χ4n) is 7.49. The van der Waals surface area contributed by atoms with E-state index in [-0.39, 0.29) is 0 Å². The first-order valence-corrected chi connectivity index (χ1v) is 15.4. The van der Waals surface area contributed by atoms with Gasteiger partial charge in [-0.3, -0.25) is 9.97 Å². The number of aromatic nitrogens is 4. The number of hydrogen-bond acceptors (Lipinski definition) is 2. The molecule has 0 aliphatic heterocycles. The maximum Gasteiger partial charge on any atom is 0.0963 e. The molecule has 210 valence electrons. The second-order valence-corrected chi connectivity index (χ2v) is 11.8. The van der Waals surface area contributed by atoms with Crippen LogP contribution in [-0.2, 0) is 6.42 Å². The van der Waals surface area contributed by atoms with E-state index in [1.807, 2.05) is 24.5 Å². The van der Waals surface area contributed by atoms with E-state index in [1.54, 1.807) is 0 Å². The molecule has 0 unspecified atom stereocenters. The molecule has 0 bridgehead atoms. The zero-order valence-electron chi connectivity index (χ0n) is 24.4. The maximum absolute atomic E-state index is 4.83. The number of pyridine rings is 2. The average molecular weight is 575 g/mol. The third kappa shape index (κ3) is 3.48. The fourth-order valence-corrected chi connectivity index (χ4v) is 7.49. The van der Waals surface area contributed by atoms with Crippen LogP contribution in [0.4, 0.5) is 0 Å². The van der Waals surface area contributed by atoms with E-state index in [9.17, 15) is 0 Å². The molecule has 4 aromatic heterocycles. The first-order chi connectivity index (χ1) is 22.3. The van der Waals surface area contributed by atoms with Crippen molar-refractivity contribution < 1.29 is 0 Å². The summed E-state index contributed by atoms with van der Waals surface area (Å²) in [4.78, 5) is 9.59. The van der Waals surface area contributed by atoms with Crippen molar-refractivity contribution in [2.75, 3.05) is 0 Å². The lowest BCUT2D eigenvalue weighted by molar-refractivity contribution is 1.12. The van der Waals surface area contributed by atoms with Crippen LogP contribution in [0.25, 0.3) is 77.5 Å². The highest BCUT2D eigenvalue weighted by atomic mass is 15.0. The van der Waals surface area contributed by atoms with Crippen molar-refractivity contribution in [3.8, 4) is 33.6 Å². The van der Waals surface area contributed by atoms with Crippen LogP contribution in [0, 0.1) is 0 Å². The molecule has 0 saturated carbocycles. The topological polar surface area (TPSA) is 35.6 Å². The van der Waals surface area contributed by atoms with E-state index in [4.69, 9.17) is 9.97 Å². The third-order valence-electron chi connectivity index (χ3n) is 9.45. The lowest BCUT2D eigenvalue weighted by Gasteiger charge is -2.13. The van der Waals surface area contributed by atoms with E-state index < -0.39 is 0 Å². The molecular weight excluding hydrogens is 548 g/mol. The van der Waals surface area contributed by atoms with Crippen LogP contribution < -0.4 is 0 Å². The number of fused-ring (bicyclic) bond motifs is 9. The van der Waals surface area contributed by atoms with Gasteiger partial charge in [0.1, 0.15) is 0 Å². The summed E-state index contributed by atoms with van der Waals surface area (Å²) in [6.45, 7) is 0. The van der Waals surface area contributed by atoms with Gasteiger partial charge in [0.25, 0.3) is 0 Å². The Morgan fingerprint density at radius 1 is 0.467 bits per heavy atom. The molecule has 45 heavy (non-hydrogen) atoms. The molecule has 0 atom stereocenters. The van der Waals surface area contributed by atoms with Crippen molar-refractivity contribution >= 4 is 43.9 Å². The van der Waals surface area contributed by atoms with Crippen molar-refractivity contribution in [2.24, 2.45) is 0 Å². The predicted octanol–water partition coefficient (Wildman–Crippen LogP) is 9.91. The van der Waals surface area contributed by atoms with Gasteiger partial charge < -0.3 is 9.13 Å². The number of para-hydroxylation sites is 2. The Morgan fingerprint density at radius 3 is 2.02 bits per heavy atom. The molecule has 4 nitrogen and oxygen atoms in total. The van der Waals surface area contributed by atoms with E-state index in [1.165, 1.54) is 50.0 Å². The van der Waals surface area contributed by atoms with E-state index in [0.717, 1.165) is 45.1 Å². The fraction of sp³-hybridized carbons (Fsp3) is 0.0244. The summed E-state index contributed by atoms with van der Waals surface area (Å²) in [6.07, 6.45) is 4.68. The SMILES string of the molecule is c1ccc(-n2c3ccc(-c4ccc5c(c4)-c4cccc(-n6c7ccccc7c7ncccc76)c4C5)cc3c3ncccc32)cc1. The Balaban J connectivity index is 1.13. The van der Waals surface area contributed by atoms with Gasteiger partial charge in [0, 0.05) is 35.3 Å². The van der Waals surface area contributed by atoms with Gasteiger partial charge in [-0.25, -0.2) is 0 Å². The average Bonchev–Trinajstić information content (AvgIpc) is 3.76. The Kier molecular flexibility index (Phi) is 5.02. The molecule has 4 heterocycles. The van der Waals surface area contributed by atoms with Gasteiger partial charge in [-0.15, -0.1) is 0 Å². The zero-order chi connectivity index (χ0) is 29.5. The smallest absolute Gasteiger partial charge is 0.0963 e. The standard InChI is InChI=1S/C41H26N4/c1-2-9-29(10-3-1)44-37-20-19-27(24-34(37)41-38(44)15-7-22-43-41)26-17-18-28-25-33-30(32(28)23-26)12-6-14-36(33)45-35-13-5-4-11-31(35)40-39(45)16-8-21-42-40/h1-24H,25H2. The normalized spacial score (nSPS) is 12.4. The summed E-state index contributed by atoms with van der Waals surface area (Å²) in [7, 11) is 0. The molecule has 0 radical (unpaired) electrons. The molecule has 10 rings (SSSR count). The largest absolute Gasteiger partial charge is 0.308 e. The molecule has 0 amide bonds. The Hall–Kier alpha value is -6.00. The number of benzene rings is 5. The molecule has 9 aromatic rings. The van der Waals surface area contributed by atoms with Crippen LogP contribution in [0.3, 0.4) is 0 Å². The minimum atomic E-state index is 0.906. The van der Waals surface area contributed by atoms with Gasteiger partial charge in [-0.1, -0.05) is 66.7 Å². The number of hydrogen-bond donors (Lipinski definition) is 0. The first-order valence-electron chi connectivity index (χ1n) is 15.4. The highest BCUT2D eigenvalue weighted by Crippen LogP contribution is 2.44. The van der Waals surface area contributed by atoms with Crippen molar-refractivity contribution in [1.29, 1.82) is 0 Å². The van der Waals surface area contributed by atoms with Crippen LogP contribution in [0.2, 0.25) is 0 Å². The molecule has 0 N–H and O–H groups in total. The summed E-state index contributed by atoms with van der Waals surface area (Å²) in [6, 6.07) is 48.0. The third-order valence-corrected chi connectivity index (χ3v) is 9.45. The van der Waals surface area contributed by atoms with Crippen molar-refractivity contribution in [3.63, 3.8) is 0 Å². The van der Waals surface area contributed by atoms with E-state index in [2.05, 4.69) is 130 Å². The minimum absolute atomic E-state index is 0.906. The minimum Gasteiger partial charge on any atom is -0.308 e. The summed E-state index contributed by atoms with van der Waals surface area (Å²) >= 11 is 0. The quantitative estimate of drug-likeness (QED) is 0.211. The lowest BCUT2D eigenvalue weighted by Crippen LogP contribution is -1.99. The monoisotopic (exact) mass is 574 g/mol. The molecule has 5 aromatic carbocycles. The number of nitrogens with zero attached hydrogens (tertiary/aromatic N) is 4. The second kappa shape index (κ2) is 9.25. The Morgan fingerprint density at radius 2 is 1.16 bits per heavy atom. The molecule has 0 spiro atoms. The van der Waals surface area contributed by atoms with Gasteiger partial charge >= 0.3 is 0 Å². The van der Waals surface area contributed by atoms with Gasteiger partial charge in [-0.05, 0) is 100 Å². The molecule has 1 aliphatic carbocycles.